The summed E-state index contributed by atoms with van der Waals surface area (Å²) < 4.78 is 11.1. The molecule has 7 nitrogen and oxygen atoms in total. The van der Waals surface area contributed by atoms with Crippen LogP contribution in [0.15, 0.2) is 52.7 Å². The fourth-order valence-corrected chi connectivity index (χ4v) is 3.17. The van der Waals surface area contributed by atoms with Gasteiger partial charge in [-0.3, -0.25) is 4.79 Å². The Balaban J connectivity index is 1.53. The first-order chi connectivity index (χ1) is 13.7. The molecular formula is C20H22N4O3S. The smallest absolute Gasteiger partial charge is 0.250 e. The zero-order valence-corrected chi connectivity index (χ0v) is 16.6. The number of para-hydroxylation sites is 2. The maximum absolute atomic E-state index is 12.0. The molecule has 0 aliphatic rings. The van der Waals surface area contributed by atoms with Gasteiger partial charge >= 0.3 is 0 Å². The number of hydrazone groups is 1. The monoisotopic (exact) mass is 398 g/mol. The molecule has 1 aromatic heterocycles. The van der Waals surface area contributed by atoms with Crippen molar-refractivity contribution < 1.29 is 14.3 Å². The summed E-state index contributed by atoms with van der Waals surface area (Å²) in [6.07, 6.45) is 1.57. The third-order valence-corrected chi connectivity index (χ3v) is 4.55. The van der Waals surface area contributed by atoms with Gasteiger partial charge in [0.05, 0.1) is 36.2 Å². The molecule has 0 unspecified atom stereocenters. The predicted octanol–water partition coefficient (Wildman–Crippen LogP) is 3.60. The first-order valence-electron chi connectivity index (χ1n) is 8.98. The Morgan fingerprint density at radius 2 is 1.96 bits per heavy atom. The third-order valence-electron chi connectivity index (χ3n) is 3.68. The molecule has 3 rings (SSSR count). The SMILES string of the molecule is CCOc1ccc(/C=N/NC(=O)CSc2nc3ccccc3[nH]2)cc1OCC. The zero-order chi connectivity index (χ0) is 19.8. The Labute approximate surface area is 167 Å². The van der Waals surface area contributed by atoms with Crippen molar-refractivity contribution in [1.82, 2.24) is 15.4 Å². The number of imidazole rings is 1. The number of hydrogen-bond donors (Lipinski definition) is 2. The standard InChI is InChI=1S/C20H22N4O3S/c1-3-26-17-10-9-14(11-18(17)27-4-2)12-21-24-19(25)13-28-20-22-15-7-5-6-8-16(15)23-20/h5-12H,3-4,13H2,1-2H3,(H,22,23)(H,24,25)/b21-12+. The fraction of sp³-hybridized carbons (Fsp3) is 0.250. The van der Waals surface area contributed by atoms with E-state index in [4.69, 9.17) is 9.47 Å². The lowest BCUT2D eigenvalue weighted by molar-refractivity contribution is -0.118. The Hall–Kier alpha value is -3.00. The first kappa shape index (κ1) is 19.8. The van der Waals surface area contributed by atoms with E-state index in [0.717, 1.165) is 16.6 Å². The van der Waals surface area contributed by atoms with Crippen molar-refractivity contribution in [3.63, 3.8) is 0 Å². The first-order valence-corrected chi connectivity index (χ1v) is 9.97. The van der Waals surface area contributed by atoms with Crippen LogP contribution >= 0.6 is 11.8 Å². The van der Waals surface area contributed by atoms with Gasteiger partial charge in [-0.2, -0.15) is 5.10 Å². The minimum atomic E-state index is -0.210. The highest BCUT2D eigenvalue weighted by Gasteiger charge is 2.07. The molecule has 2 N–H and O–H groups in total. The van der Waals surface area contributed by atoms with Crippen LogP contribution in [-0.2, 0) is 4.79 Å². The number of hydrogen-bond acceptors (Lipinski definition) is 6. The quantitative estimate of drug-likeness (QED) is 0.327. The van der Waals surface area contributed by atoms with Gasteiger partial charge in [-0.25, -0.2) is 10.4 Å². The second-order valence-electron chi connectivity index (χ2n) is 5.71. The maximum Gasteiger partial charge on any atom is 0.250 e. The highest BCUT2D eigenvalue weighted by atomic mass is 32.2. The van der Waals surface area contributed by atoms with Crippen molar-refractivity contribution in [3.8, 4) is 11.5 Å². The molecule has 0 atom stereocenters. The van der Waals surface area contributed by atoms with Gasteiger partial charge < -0.3 is 14.5 Å². The number of H-pyrrole nitrogens is 1. The van der Waals surface area contributed by atoms with Crippen LogP contribution in [0.5, 0.6) is 11.5 Å². The summed E-state index contributed by atoms with van der Waals surface area (Å²) in [5.74, 6) is 1.34. The number of ether oxygens (including phenoxy) is 2. The van der Waals surface area contributed by atoms with Crippen LogP contribution < -0.4 is 14.9 Å². The van der Waals surface area contributed by atoms with E-state index in [1.807, 2.05) is 56.3 Å². The lowest BCUT2D eigenvalue weighted by Crippen LogP contribution is -2.19. The van der Waals surface area contributed by atoms with Crippen molar-refractivity contribution in [2.24, 2.45) is 5.10 Å². The molecule has 0 radical (unpaired) electrons. The number of thioether (sulfide) groups is 1. The minimum absolute atomic E-state index is 0.210. The van der Waals surface area contributed by atoms with Crippen LogP contribution in [0, 0.1) is 0 Å². The van der Waals surface area contributed by atoms with Gasteiger partial charge in [0, 0.05) is 0 Å². The van der Waals surface area contributed by atoms with Crippen molar-refractivity contribution in [2.45, 2.75) is 19.0 Å². The van der Waals surface area contributed by atoms with Crippen LogP contribution in [-0.4, -0.2) is 41.1 Å². The fourth-order valence-electron chi connectivity index (χ4n) is 2.49. The van der Waals surface area contributed by atoms with E-state index in [9.17, 15) is 4.79 Å². The average Bonchev–Trinajstić information content (AvgIpc) is 3.12. The number of fused-ring (bicyclic) bond motifs is 1. The van der Waals surface area contributed by atoms with Gasteiger partial charge in [-0.1, -0.05) is 23.9 Å². The zero-order valence-electron chi connectivity index (χ0n) is 15.8. The van der Waals surface area contributed by atoms with Crippen molar-refractivity contribution in [3.05, 3.63) is 48.0 Å². The Kier molecular flexibility index (Phi) is 6.91. The minimum Gasteiger partial charge on any atom is -0.490 e. The second kappa shape index (κ2) is 9.80. The Morgan fingerprint density at radius 1 is 1.18 bits per heavy atom. The van der Waals surface area contributed by atoms with Gasteiger partial charge in [-0.15, -0.1) is 0 Å². The summed E-state index contributed by atoms with van der Waals surface area (Å²) in [7, 11) is 0. The lowest BCUT2D eigenvalue weighted by atomic mass is 10.2. The van der Waals surface area contributed by atoms with Crippen LogP contribution in [0.4, 0.5) is 0 Å². The number of aromatic nitrogens is 2. The van der Waals surface area contributed by atoms with E-state index in [-0.39, 0.29) is 11.7 Å². The summed E-state index contributed by atoms with van der Waals surface area (Å²) in [6, 6.07) is 13.2. The van der Waals surface area contributed by atoms with E-state index in [0.29, 0.717) is 29.9 Å². The predicted molar refractivity (Wildman–Crippen MR) is 111 cm³/mol. The molecule has 146 valence electrons. The van der Waals surface area contributed by atoms with E-state index in [1.165, 1.54) is 11.8 Å². The van der Waals surface area contributed by atoms with Gasteiger partial charge in [-0.05, 0) is 49.7 Å². The number of rotatable bonds is 9. The Morgan fingerprint density at radius 3 is 2.75 bits per heavy atom. The van der Waals surface area contributed by atoms with Crippen LogP contribution in [0.2, 0.25) is 0 Å². The largest absolute Gasteiger partial charge is 0.490 e. The molecule has 1 heterocycles. The van der Waals surface area contributed by atoms with Crippen molar-refractivity contribution in [1.29, 1.82) is 0 Å². The number of benzene rings is 2. The molecular weight excluding hydrogens is 376 g/mol. The summed E-state index contributed by atoms with van der Waals surface area (Å²) >= 11 is 1.33. The normalized spacial score (nSPS) is 11.1. The molecule has 8 heteroatoms. The summed E-state index contributed by atoms with van der Waals surface area (Å²) in [5.41, 5.74) is 5.15. The van der Waals surface area contributed by atoms with E-state index in [2.05, 4.69) is 20.5 Å². The molecule has 2 aromatic carbocycles. The maximum atomic E-state index is 12.0. The van der Waals surface area contributed by atoms with Gasteiger partial charge in [0.2, 0.25) is 0 Å². The number of nitrogens with zero attached hydrogens (tertiary/aromatic N) is 2. The molecule has 0 spiro atoms. The molecule has 28 heavy (non-hydrogen) atoms. The number of carbonyl (C=O) groups excluding carboxylic acids is 1. The number of amides is 1. The van der Waals surface area contributed by atoms with Gasteiger partial charge in [0.1, 0.15) is 0 Å². The summed E-state index contributed by atoms with van der Waals surface area (Å²) in [4.78, 5) is 19.6. The molecule has 0 aliphatic carbocycles. The molecule has 0 saturated heterocycles. The average molecular weight is 398 g/mol. The molecule has 3 aromatic rings. The molecule has 0 fully saturated rings. The lowest BCUT2D eigenvalue weighted by Gasteiger charge is -2.11. The molecule has 0 bridgehead atoms. The van der Waals surface area contributed by atoms with Crippen LogP contribution in [0.1, 0.15) is 19.4 Å². The van der Waals surface area contributed by atoms with E-state index < -0.39 is 0 Å². The van der Waals surface area contributed by atoms with Gasteiger partial charge in [0.25, 0.3) is 5.91 Å². The topological polar surface area (TPSA) is 88.6 Å². The Bertz CT molecular complexity index is 938. The molecule has 1 amide bonds. The van der Waals surface area contributed by atoms with Crippen LogP contribution in [0.3, 0.4) is 0 Å². The molecule has 0 aliphatic heterocycles. The van der Waals surface area contributed by atoms with Crippen molar-refractivity contribution in [2.75, 3.05) is 19.0 Å². The third kappa shape index (κ3) is 5.26. The highest BCUT2D eigenvalue weighted by molar-refractivity contribution is 7.99. The second-order valence-corrected chi connectivity index (χ2v) is 6.68. The van der Waals surface area contributed by atoms with E-state index in [1.54, 1.807) is 6.21 Å². The highest BCUT2D eigenvalue weighted by Crippen LogP contribution is 2.28. The molecule has 0 saturated carbocycles. The number of carbonyl (C=O) groups is 1. The van der Waals surface area contributed by atoms with Crippen LogP contribution in [0.25, 0.3) is 11.0 Å². The summed E-state index contributed by atoms with van der Waals surface area (Å²) in [6.45, 7) is 4.93. The van der Waals surface area contributed by atoms with Crippen molar-refractivity contribution >= 4 is 34.9 Å². The summed E-state index contributed by atoms with van der Waals surface area (Å²) in [5, 5.41) is 4.71. The van der Waals surface area contributed by atoms with Gasteiger partial charge in [0.15, 0.2) is 16.7 Å². The number of nitrogens with one attached hydrogen (secondary N) is 2. The van der Waals surface area contributed by atoms with E-state index >= 15 is 0 Å². The number of aromatic amines is 1.